The van der Waals surface area contributed by atoms with Crippen LogP contribution in [0.2, 0.25) is 0 Å². The van der Waals surface area contributed by atoms with Crippen molar-refractivity contribution in [1.29, 1.82) is 0 Å². The van der Waals surface area contributed by atoms with Gasteiger partial charge in [-0.25, -0.2) is 4.98 Å². The van der Waals surface area contributed by atoms with Gasteiger partial charge in [-0.2, -0.15) is 0 Å². The molecule has 2 rings (SSSR count). The summed E-state index contributed by atoms with van der Waals surface area (Å²) >= 11 is 3.70. The van der Waals surface area contributed by atoms with Gasteiger partial charge in [-0.3, -0.25) is 0 Å². The Balaban J connectivity index is 1.93. The summed E-state index contributed by atoms with van der Waals surface area (Å²) in [5.41, 5.74) is 1.84. The first-order valence-corrected chi connectivity index (χ1v) is 7.19. The van der Waals surface area contributed by atoms with Crippen molar-refractivity contribution in [2.75, 3.05) is 0 Å². The van der Waals surface area contributed by atoms with E-state index in [1.165, 1.54) is 25.7 Å². The molecule has 0 radical (unpaired) electrons. The van der Waals surface area contributed by atoms with Gasteiger partial charge in [0.1, 0.15) is 5.52 Å². The van der Waals surface area contributed by atoms with E-state index in [-0.39, 0.29) is 0 Å². The van der Waals surface area contributed by atoms with Crippen LogP contribution < -0.4 is 0 Å². The maximum absolute atomic E-state index is 5.70. The number of benzene rings is 1. The largest absolute Gasteiger partial charge is 0.441 e. The summed E-state index contributed by atoms with van der Waals surface area (Å²) in [5.74, 6) is 0.838. The SMILES string of the molecule is CCCCCC(Br)Cc1nc2ccccc2o1. The van der Waals surface area contributed by atoms with Crippen molar-refractivity contribution < 1.29 is 4.42 Å². The topological polar surface area (TPSA) is 26.0 Å². The van der Waals surface area contributed by atoms with Gasteiger partial charge in [0.05, 0.1) is 0 Å². The van der Waals surface area contributed by atoms with Gasteiger partial charge in [0.25, 0.3) is 0 Å². The molecule has 1 atom stereocenters. The molecule has 0 saturated carbocycles. The molecule has 1 aromatic carbocycles. The second-order valence-electron chi connectivity index (χ2n) is 4.37. The Kier molecular flexibility index (Phi) is 4.60. The highest BCUT2D eigenvalue weighted by Crippen LogP contribution is 2.20. The summed E-state index contributed by atoms with van der Waals surface area (Å²) in [5, 5.41) is 0. The molecule has 0 amide bonds. The third-order valence-corrected chi connectivity index (χ3v) is 3.64. The number of halogens is 1. The molecule has 17 heavy (non-hydrogen) atoms. The van der Waals surface area contributed by atoms with Gasteiger partial charge in [-0.1, -0.05) is 54.2 Å². The van der Waals surface area contributed by atoms with E-state index >= 15 is 0 Å². The maximum Gasteiger partial charge on any atom is 0.196 e. The van der Waals surface area contributed by atoms with Crippen LogP contribution in [-0.2, 0) is 6.42 Å². The highest BCUT2D eigenvalue weighted by atomic mass is 79.9. The van der Waals surface area contributed by atoms with E-state index in [1.807, 2.05) is 24.3 Å². The lowest BCUT2D eigenvalue weighted by Gasteiger charge is -2.05. The number of hydrogen-bond donors (Lipinski definition) is 0. The lowest BCUT2D eigenvalue weighted by atomic mass is 10.1. The molecular weight excluding hydrogens is 278 g/mol. The highest BCUT2D eigenvalue weighted by Gasteiger charge is 2.10. The summed E-state index contributed by atoms with van der Waals surface area (Å²) in [7, 11) is 0. The first-order chi connectivity index (χ1) is 8.29. The van der Waals surface area contributed by atoms with Crippen LogP contribution in [0, 0.1) is 0 Å². The predicted octanol–water partition coefficient (Wildman–Crippen LogP) is 4.71. The second kappa shape index (κ2) is 6.20. The van der Waals surface area contributed by atoms with E-state index in [9.17, 15) is 0 Å². The number of aromatic nitrogens is 1. The molecule has 1 unspecified atom stereocenters. The first-order valence-electron chi connectivity index (χ1n) is 6.28. The van der Waals surface area contributed by atoms with Crippen LogP contribution in [0.25, 0.3) is 11.1 Å². The monoisotopic (exact) mass is 295 g/mol. The molecule has 0 saturated heterocycles. The van der Waals surface area contributed by atoms with Crippen LogP contribution in [0.4, 0.5) is 0 Å². The van der Waals surface area contributed by atoms with Crippen molar-refractivity contribution in [3.8, 4) is 0 Å². The number of unbranched alkanes of at least 4 members (excludes halogenated alkanes) is 2. The third kappa shape index (κ3) is 3.56. The number of alkyl halides is 1. The van der Waals surface area contributed by atoms with Crippen LogP contribution in [0.5, 0.6) is 0 Å². The molecule has 0 bridgehead atoms. The van der Waals surface area contributed by atoms with Crippen molar-refractivity contribution in [2.45, 2.75) is 43.9 Å². The Labute approximate surface area is 111 Å². The lowest BCUT2D eigenvalue weighted by Crippen LogP contribution is -2.02. The number of fused-ring (bicyclic) bond motifs is 1. The van der Waals surface area contributed by atoms with Gasteiger partial charge < -0.3 is 4.42 Å². The van der Waals surface area contributed by atoms with Gasteiger partial charge in [-0.15, -0.1) is 0 Å². The average molecular weight is 296 g/mol. The predicted molar refractivity (Wildman–Crippen MR) is 74.6 cm³/mol. The third-order valence-electron chi connectivity index (χ3n) is 2.86. The quantitative estimate of drug-likeness (QED) is 0.569. The Bertz CT molecular complexity index is 433. The van der Waals surface area contributed by atoms with Gasteiger partial charge in [0, 0.05) is 11.2 Å². The van der Waals surface area contributed by atoms with Crippen LogP contribution >= 0.6 is 15.9 Å². The summed E-state index contributed by atoms with van der Waals surface area (Å²) < 4.78 is 5.70. The molecule has 0 aliphatic carbocycles. The van der Waals surface area contributed by atoms with Crippen LogP contribution in [0.3, 0.4) is 0 Å². The summed E-state index contributed by atoms with van der Waals surface area (Å²) in [6.07, 6.45) is 5.90. The van der Waals surface area contributed by atoms with Crippen molar-refractivity contribution in [1.82, 2.24) is 4.98 Å². The van der Waals surface area contributed by atoms with Gasteiger partial charge in [0.15, 0.2) is 11.5 Å². The lowest BCUT2D eigenvalue weighted by molar-refractivity contribution is 0.514. The number of para-hydroxylation sites is 2. The van der Waals surface area contributed by atoms with E-state index in [1.54, 1.807) is 0 Å². The van der Waals surface area contributed by atoms with Crippen molar-refractivity contribution in [2.24, 2.45) is 0 Å². The zero-order valence-corrected chi connectivity index (χ0v) is 11.7. The molecular formula is C14H18BrNO. The molecule has 3 heteroatoms. The zero-order valence-electron chi connectivity index (χ0n) is 10.2. The molecule has 2 aromatic rings. The maximum atomic E-state index is 5.70. The Hall–Kier alpha value is -0.830. The molecule has 1 aromatic heterocycles. The second-order valence-corrected chi connectivity index (χ2v) is 5.67. The first kappa shape index (κ1) is 12.6. The normalized spacial score (nSPS) is 13.1. The van der Waals surface area contributed by atoms with E-state index < -0.39 is 0 Å². The van der Waals surface area contributed by atoms with Crippen LogP contribution in [0.15, 0.2) is 28.7 Å². The smallest absolute Gasteiger partial charge is 0.196 e. The van der Waals surface area contributed by atoms with Crippen molar-refractivity contribution >= 4 is 27.0 Å². The Morgan fingerprint density at radius 3 is 2.88 bits per heavy atom. The van der Waals surface area contributed by atoms with Crippen molar-refractivity contribution in [3.63, 3.8) is 0 Å². The fourth-order valence-electron chi connectivity index (χ4n) is 1.91. The minimum absolute atomic E-state index is 0.474. The van der Waals surface area contributed by atoms with Crippen LogP contribution in [0.1, 0.15) is 38.5 Å². The summed E-state index contributed by atoms with van der Waals surface area (Å²) in [6.45, 7) is 2.23. The van der Waals surface area contributed by atoms with E-state index in [0.29, 0.717) is 4.83 Å². The van der Waals surface area contributed by atoms with E-state index in [0.717, 1.165) is 23.4 Å². The van der Waals surface area contributed by atoms with Gasteiger partial charge >= 0.3 is 0 Å². The molecule has 2 nitrogen and oxygen atoms in total. The minimum atomic E-state index is 0.474. The van der Waals surface area contributed by atoms with Crippen molar-refractivity contribution in [3.05, 3.63) is 30.2 Å². The molecule has 1 heterocycles. The molecule has 0 spiro atoms. The van der Waals surface area contributed by atoms with Gasteiger partial charge in [0.2, 0.25) is 0 Å². The molecule has 92 valence electrons. The highest BCUT2D eigenvalue weighted by molar-refractivity contribution is 9.09. The van der Waals surface area contributed by atoms with Crippen LogP contribution in [-0.4, -0.2) is 9.81 Å². The Morgan fingerprint density at radius 1 is 1.29 bits per heavy atom. The molecule has 0 N–H and O–H groups in total. The summed E-state index contributed by atoms with van der Waals surface area (Å²) in [6, 6.07) is 7.92. The fraction of sp³-hybridized carbons (Fsp3) is 0.500. The van der Waals surface area contributed by atoms with E-state index in [4.69, 9.17) is 4.42 Å². The standard InChI is InChI=1S/C14H18BrNO/c1-2-3-4-7-11(15)10-14-16-12-8-5-6-9-13(12)17-14/h5-6,8-9,11H,2-4,7,10H2,1H3. The fourth-order valence-corrected chi connectivity index (χ4v) is 2.52. The molecule has 0 aliphatic rings. The Morgan fingerprint density at radius 2 is 2.12 bits per heavy atom. The van der Waals surface area contributed by atoms with E-state index in [2.05, 4.69) is 27.8 Å². The molecule has 0 fully saturated rings. The minimum Gasteiger partial charge on any atom is -0.441 e. The number of oxazole rings is 1. The average Bonchev–Trinajstić information content (AvgIpc) is 2.71. The summed E-state index contributed by atoms with van der Waals surface area (Å²) in [4.78, 5) is 4.96. The zero-order chi connectivity index (χ0) is 12.1. The number of nitrogens with zero attached hydrogens (tertiary/aromatic N) is 1. The molecule has 0 aliphatic heterocycles. The number of rotatable bonds is 6. The number of hydrogen-bond acceptors (Lipinski definition) is 2. The van der Waals surface area contributed by atoms with Gasteiger partial charge in [-0.05, 0) is 18.6 Å².